The summed E-state index contributed by atoms with van der Waals surface area (Å²) < 4.78 is 15.0. The smallest absolute Gasteiger partial charge is 0.329 e. The Hall–Kier alpha value is -1.36. The maximum Gasteiger partial charge on any atom is 0.363 e. The summed E-state index contributed by atoms with van der Waals surface area (Å²) in [5.41, 5.74) is 0.600. The molecule has 88 valence electrons. The highest BCUT2D eigenvalue weighted by atomic mass is 31.2. The fourth-order valence-electron chi connectivity index (χ4n) is 0.909. The lowest BCUT2D eigenvalue weighted by Crippen LogP contribution is -2.05. The minimum absolute atomic E-state index is 0.182. The Balaban J connectivity index is 2.58. The van der Waals surface area contributed by atoms with Crippen molar-refractivity contribution in [3.05, 3.63) is 24.3 Å². The minimum atomic E-state index is -3.66. The largest absolute Gasteiger partial charge is 0.363 e. The van der Waals surface area contributed by atoms with Crippen LogP contribution in [-0.2, 0) is 14.0 Å². The zero-order chi connectivity index (χ0) is 12.2. The highest BCUT2D eigenvalue weighted by Crippen LogP contribution is 2.37. The highest BCUT2D eigenvalue weighted by molar-refractivity contribution is 7.51. The molecule has 0 aliphatic heterocycles. The molecule has 1 rings (SSSR count). The van der Waals surface area contributed by atoms with E-state index in [1.165, 1.54) is 19.1 Å². The molecule has 1 amide bonds. The number of nitrogens with one attached hydrogen (secondary N) is 1. The third-order valence-electron chi connectivity index (χ3n) is 1.45. The third kappa shape index (κ3) is 4.93. The molecule has 0 aromatic heterocycles. The average Bonchev–Trinajstić information content (AvgIpc) is 2.14. The summed E-state index contributed by atoms with van der Waals surface area (Å²) in [6, 6.07) is 6.16. The summed E-state index contributed by atoms with van der Waals surface area (Å²) in [5.74, 6) is 0.0866. The molecule has 0 fully saturated rings. The first-order chi connectivity index (χ1) is 7.37. The maximum atomic E-state index is 10.8. The molecule has 1 unspecified atom stereocenters. The predicted octanol–water partition coefficient (Wildman–Crippen LogP) is 1.77. The van der Waals surface area contributed by atoms with Gasteiger partial charge < -0.3 is 15.1 Å². The minimum Gasteiger partial charge on any atom is -0.329 e. The molecule has 0 bridgehead atoms. The van der Waals surface area contributed by atoms with Gasteiger partial charge in [0, 0.05) is 19.3 Å². The highest BCUT2D eigenvalue weighted by Gasteiger charge is 2.12. The van der Waals surface area contributed by atoms with E-state index in [1.807, 2.05) is 0 Å². The number of carbonyl (C=O) groups excluding carboxylic acids is 1. The van der Waals surface area contributed by atoms with Crippen LogP contribution in [0.3, 0.4) is 0 Å². The van der Waals surface area contributed by atoms with Crippen molar-refractivity contribution in [2.75, 3.05) is 12.0 Å². The quantitative estimate of drug-likeness (QED) is 0.479. The molecule has 0 saturated heterocycles. The molecule has 6 nitrogen and oxygen atoms in total. The standard InChI is InChI=1S/C9H12NO5P/c1-7(11)10-8-3-5-9(6-4-8)14-15-16(2,12)13/h3-6H,1-2H3,(H,10,11)(H,12,13). The van der Waals surface area contributed by atoms with Gasteiger partial charge in [-0.1, -0.05) is 0 Å². The summed E-state index contributed by atoms with van der Waals surface area (Å²) in [4.78, 5) is 24.1. The lowest BCUT2D eigenvalue weighted by atomic mass is 10.3. The molecule has 1 aromatic rings. The summed E-state index contributed by atoms with van der Waals surface area (Å²) in [6.45, 7) is 2.41. The Bertz CT molecular complexity index is 410. The first-order valence-electron chi connectivity index (χ1n) is 4.41. The number of benzene rings is 1. The zero-order valence-corrected chi connectivity index (χ0v) is 9.73. The van der Waals surface area contributed by atoms with Gasteiger partial charge >= 0.3 is 7.60 Å². The van der Waals surface area contributed by atoms with Crippen LogP contribution in [0.25, 0.3) is 0 Å². The molecular formula is C9H12NO5P. The number of rotatable bonds is 4. The van der Waals surface area contributed by atoms with Gasteiger partial charge in [-0.25, -0.2) is 0 Å². The van der Waals surface area contributed by atoms with Crippen molar-refractivity contribution < 1.29 is 23.8 Å². The van der Waals surface area contributed by atoms with E-state index in [0.717, 1.165) is 6.66 Å². The van der Waals surface area contributed by atoms with Crippen molar-refractivity contribution in [1.29, 1.82) is 0 Å². The molecule has 2 N–H and O–H groups in total. The normalized spacial score (nSPS) is 13.9. The van der Waals surface area contributed by atoms with Crippen LogP contribution in [-0.4, -0.2) is 17.5 Å². The lowest BCUT2D eigenvalue weighted by Gasteiger charge is -2.07. The average molecular weight is 245 g/mol. The van der Waals surface area contributed by atoms with E-state index >= 15 is 0 Å². The number of anilines is 1. The van der Waals surface area contributed by atoms with E-state index in [2.05, 4.69) is 14.9 Å². The Labute approximate surface area is 92.7 Å². The Morgan fingerprint density at radius 1 is 1.38 bits per heavy atom. The number of hydrogen-bond acceptors (Lipinski definition) is 4. The van der Waals surface area contributed by atoms with Crippen LogP contribution < -0.4 is 10.2 Å². The predicted molar refractivity (Wildman–Crippen MR) is 58.2 cm³/mol. The van der Waals surface area contributed by atoms with E-state index in [0.29, 0.717) is 5.69 Å². The Kier molecular flexibility index (Phi) is 4.06. The van der Waals surface area contributed by atoms with Gasteiger partial charge in [0.05, 0.1) is 0 Å². The number of hydrogen-bond donors (Lipinski definition) is 2. The molecule has 0 spiro atoms. The van der Waals surface area contributed by atoms with Gasteiger partial charge in [-0.3, -0.25) is 9.36 Å². The molecule has 0 heterocycles. The molecule has 0 radical (unpaired) electrons. The number of carbonyl (C=O) groups is 1. The molecule has 1 aromatic carbocycles. The van der Waals surface area contributed by atoms with Gasteiger partial charge in [-0.05, 0) is 24.3 Å². The second-order valence-electron chi connectivity index (χ2n) is 3.17. The van der Waals surface area contributed by atoms with Gasteiger partial charge in [0.15, 0.2) is 5.75 Å². The van der Waals surface area contributed by atoms with Crippen molar-refractivity contribution in [2.24, 2.45) is 0 Å². The molecule has 16 heavy (non-hydrogen) atoms. The van der Waals surface area contributed by atoms with Gasteiger partial charge in [0.2, 0.25) is 5.91 Å². The van der Waals surface area contributed by atoms with Crippen LogP contribution in [0, 0.1) is 0 Å². The van der Waals surface area contributed by atoms with Crippen molar-refractivity contribution in [3.8, 4) is 5.75 Å². The molecule has 0 aliphatic carbocycles. The molecular weight excluding hydrogens is 233 g/mol. The first-order valence-corrected chi connectivity index (χ1v) is 6.43. The monoisotopic (exact) mass is 245 g/mol. The second kappa shape index (κ2) is 5.12. The third-order valence-corrected chi connectivity index (χ3v) is 1.80. The summed E-state index contributed by atoms with van der Waals surface area (Å²) in [5, 5.41) is 2.56. The van der Waals surface area contributed by atoms with Crippen molar-refractivity contribution in [2.45, 2.75) is 6.92 Å². The Morgan fingerprint density at radius 3 is 2.38 bits per heavy atom. The van der Waals surface area contributed by atoms with Gasteiger partial charge in [0.25, 0.3) is 0 Å². The van der Waals surface area contributed by atoms with Crippen LogP contribution in [0.5, 0.6) is 5.75 Å². The summed E-state index contributed by atoms with van der Waals surface area (Å²) in [7, 11) is -3.66. The van der Waals surface area contributed by atoms with Crippen LogP contribution in [0.2, 0.25) is 0 Å². The van der Waals surface area contributed by atoms with E-state index in [9.17, 15) is 9.36 Å². The second-order valence-corrected chi connectivity index (χ2v) is 4.92. The van der Waals surface area contributed by atoms with Crippen LogP contribution in [0.15, 0.2) is 24.3 Å². The van der Waals surface area contributed by atoms with Crippen LogP contribution >= 0.6 is 7.60 Å². The van der Waals surface area contributed by atoms with E-state index in [4.69, 9.17) is 4.89 Å². The van der Waals surface area contributed by atoms with E-state index in [1.54, 1.807) is 12.1 Å². The fourth-order valence-corrected chi connectivity index (χ4v) is 1.13. The van der Waals surface area contributed by atoms with Crippen LogP contribution in [0.4, 0.5) is 5.69 Å². The molecule has 0 aliphatic rings. The topological polar surface area (TPSA) is 84.9 Å². The van der Waals surface area contributed by atoms with Gasteiger partial charge in [-0.2, -0.15) is 0 Å². The van der Waals surface area contributed by atoms with Crippen LogP contribution in [0.1, 0.15) is 6.92 Å². The van der Waals surface area contributed by atoms with Crippen molar-refractivity contribution in [1.82, 2.24) is 0 Å². The van der Waals surface area contributed by atoms with Crippen molar-refractivity contribution >= 4 is 19.2 Å². The van der Waals surface area contributed by atoms with Gasteiger partial charge in [0.1, 0.15) is 0 Å². The summed E-state index contributed by atoms with van der Waals surface area (Å²) in [6.07, 6.45) is 0. The van der Waals surface area contributed by atoms with E-state index < -0.39 is 7.60 Å². The molecule has 1 atom stereocenters. The SMILES string of the molecule is CC(=O)Nc1ccc(OOP(C)(=O)O)cc1. The maximum absolute atomic E-state index is 10.8. The zero-order valence-electron chi connectivity index (χ0n) is 8.84. The Morgan fingerprint density at radius 2 is 1.94 bits per heavy atom. The molecule has 7 heteroatoms. The summed E-state index contributed by atoms with van der Waals surface area (Å²) >= 11 is 0. The van der Waals surface area contributed by atoms with E-state index in [-0.39, 0.29) is 11.7 Å². The van der Waals surface area contributed by atoms with Crippen molar-refractivity contribution in [3.63, 3.8) is 0 Å². The van der Waals surface area contributed by atoms with Gasteiger partial charge in [-0.15, -0.1) is 4.67 Å². The molecule has 0 saturated carbocycles. The first kappa shape index (κ1) is 12.7. The lowest BCUT2D eigenvalue weighted by molar-refractivity contribution is -0.114. The number of amides is 1. The fraction of sp³-hybridized carbons (Fsp3) is 0.222.